The molecule has 2 aromatic rings. The van der Waals surface area contributed by atoms with Crippen molar-refractivity contribution >= 4 is 5.69 Å². The number of nitrogens with zero attached hydrogens (tertiary/aromatic N) is 1. The molecule has 0 aliphatic carbocycles. The second kappa shape index (κ2) is 2.98. The summed E-state index contributed by atoms with van der Waals surface area (Å²) in [7, 11) is 0. The van der Waals surface area contributed by atoms with Gasteiger partial charge in [0.2, 0.25) is 0 Å². The molecule has 0 saturated heterocycles. The molecule has 76 valence electrons. The van der Waals surface area contributed by atoms with Crippen molar-refractivity contribution in [2.75, 3.05) is 5.32 Å². The van der Waals surface area contributed by atoms with Crippen LogP contribution in [0.1, 0.15) is 17.4 Å². The number of hydrogen-bond donors (Lipinski definition) is 3. The molecule has 0 spiro atoms. The van der Waals surface area contributed by atoms with Crippen molar-refractivity contribution in [1.29, 1.82) is 0 Å². The normalized spacial score (nSPS) is 18.5. The van der Waals surface area contributed by atoms with Crippen LogP contribution in [-0.2, 0) is 6.42 Å². The summed E-state index contributed by atoms with van der Waals surface area (Å²) in [6.45, 7) is 0. The van der Waals surface area contributed by atoms with E-state index in [2.05, 4.69) is 26.6 Å². The van der Waals surface area contributed by atoms with Crippen LogP contribution in [0.5, 0.6) is 0 Å². The molecule has 0 saturated carbocycles. The predicted molar refractivity (Wildman–Crippen MR) is 55.7 cm³/mol. The maximum atomic E-state index is 10.9. The van der Waals surface area contributed by atoms with E-state index in [1.165, 1.54) is 5.56 Å². The molecule has 1 aliphatic heterocycles. The van der Waals surface area contributed by atoms with E-state index in [0.29, 0.717) is 5.82 Å². The van der Waals surface area contributed by atoms with Gasteiger partial charge >= 0.3 is 5.69 Å². The van der Waals surface area contributed by atoms with Crippen LogP contribution < -0.4 is 11.0 Å². The summed E-state index contributed by atoms with van der Waals surface area (Å²) in [5.41, 5.74) is 2.11. The highest BCUT2D eigenvalue weighted by atomic mass is 16.1. The Labute approximate surface area is 85.5 Å². The molecule has 2 heterocycles. The number of benzene rings is 1. The summed E-state index contributed by atoms with van der Waals surface area (Å²) in [5, 5.41) is 9.61. The van der Waals surface area contributed by atoms with Crippen LogP contribution in [0, 0.1) is 0 Å². The average Bonchev–Trinajstić information content (AvgIpc) is 2.82. The van der Waals surface area contributed by atoms with Gasteiger partial charge < -0.3 is 5.32 Å². The zero-order chi connectivity index (χ0) is 10.3. The topological polar surface area (TPSA) is 73.6 Å². The fraction of sp³-hybridized carbons (Fsp3) is 0.200. The highest BCUT2D eigenvalue weighted by Crippen LogP contribution is 2.31. The van der Waals surface area contributed by atoms with E-state index in [1.807, 2.05) is 18.2 Å². The van der Waals surface area contributed by atoms with Crippen molar-refractivity contribution in [2.45, 2.75) is 12.5 Å². The third-order valence-electron chi connectivity index (χ3n) is 2.62. The van der Waals surface area contributed by atoms with E-state index in [1.54, 1.807) is 0 Å². The first kappa shape index (κ1) is 8.28. The van der Waals surface area contributed by atoms with Gasteiger partial charge in [-0.15, -0.1) is 0 Å². The Kier molecular flexibility index (Phi) is 1.65. The lowest BCUT2D eigenvalue weighted by molar-refractivity contribution is 0.753. The third kappa shape index (κ3) is 1.32. The molecule has 5 heteroatoms. The molecule has 3 N–H and O–H groups in total. The van der Waals surface area contributed by atoms with Crippen LogP contribution in [0.2, 0.25) is 0 Å². The maximum Gasteiger partial charge on any atom is 0.340 e. The number of aromatic nitrogens is 3. The smallest absolute Gasteiger partial charge is 0.340 e. The quantitative estimate of drug-likeness (QED) is 0.640. The van der Waals surface area contributed by atoms with Gasteiger partial charge in [0.05, 0.1) is 6.04 Å². The number of H-pyrrole nitrogens is 2. The van der Waals surface area contributed by atoms with E-state index in [9.17, 15) is 4.79 Å². The van der Waals surface area contributed by atoms with Crippen LogP contribution >= 0.6 is 0 Å². The number of anilines is 1. The molecule has 15 heavy (non-hydrogen) atoms. The number of rotatable bonds is 1. The fourth-order valence-electron chi connectivity index (χ4n) is 1.91. The summed E-state index contributed by atoms with van der Waals surface area (Å²) in [6.07, 6.45) is 0.858. The molecule has 1 aliphatic rings. The van der Waals surface area contributed by atoms with E-state index < -0.39 is 0 Å². The van der Waals surface area contributed by atoms with Crippen LogP contribution in [0.15, 0.2) is 29.1 Å². The lowest BCUT2D eigenvalue weighted by atomic mass is 10.1. The molecule has 0 bridgehead atoms. The van der Waals surface area contributed by atoms with Gasteiger partial charge in [-0.3, -0.25) is 4.98 Å². The van der Waals surface area contributed by atoms with E-state index in [0.717, 1.165) is 12.1 Å². The molecule has 1 aromatic carbocycles. The standard InChI is InChI=1S/C10H10N4O/c15-10-12-9(13-14-10)8-5-6-3-1-2-4-7(6)11-8/h1-4,8,11H,5H2,(H2,12,13,14,15). The Morgan fingerprint density at radius 2 is 2.20 bits per heavy atom. The number of para-hydroxylation sites is 1. The van der Waals surface area contributed by atoms with E-state index >= 15 is 0 Å². The monoisotopic (exact) mass is 202 g/mol. The highest BCUT2D eigenvalue weighted by molar-refractivity contribution is 5.57. The van der Waals surface area contributed by atoms with Gasteiger partial charge in [-0.05, 0) is 11.6 Å². The SMILES string of the molecule is O=c1[nH]nc(C2Cc3ccccc3N2)[nH]1. The zero-order valence-electron chi connectivity index (χ0n) is 7.95. The molecule has 3 rings (SSSR count). The summed E-state index contributed by atoms with van der Waals surface area (Å²) >= 11 is 0. The van der Waals surface area contributed by atoms with Crippen molar-refractivity contribution in [3.63, 3.8) is 0 Å². The first-order valence-electron chi connectivity index (χ1n) is 4.82. The van der Waals surface area contributed by atoms with Crippen molar-refractivity contribution in [1.82, 2.24) is 15.2 Å². The van der Waals surface area contributed by atoms with Crippen molar-refractivity contribution in [2.24, 2.45) is 0 Å². The Bertz CT molecular complexity index is 517. The molecule has 1 unspecified atom stereocenters. The summed E-state index contributed by atoms with van der Waals surface area (Å²) in [4.78, 5) is 13.6. The largest absolute Gasteiger partial charge is 0.375 e. The minimum Gasteiger partial charge on any atom is -0.375 e. The average molecular weight is 202 g/mol. The molecule has 1 aromatic heterocycles. The summed E-state index contributed by atoms with van der Waals surface area (Å²) < 4.78 is 0. The van der Waals surface area contributed by atoms with Crippen molar-refractivity contribution in [3.8, 4) is 0 Å². The van der Waals surface area contributed by atoms with Gasteiger partial charge in [0.1, 0.15) is 0 Å². The second-order valence-corrected chi connectivity index (χ2v) is 3.62. The van der Waals surface area contributed by atoms with Gasteiger partial charge in [0.15, 0.2) is 5.82 Å². The van der Waals surface area contributed by atoms with E-state index in [-0.39, 0.29) is 11.7 Å². The maximum absolute atomic E-state index is 10.9. The minimum atomic E-state index is -0.261. The Hall–Kier alpha value is -2.04. The molecule has 5 nitrogen and oxygen atoms in total. The van der Waals surface area contributed by atoms with Crippen molar-refractivity contribution in [3.05, 3.63) is 46.1 Å². The Balaban J connectivity index is 1.93. The molecule has 1 atom stereocenters. The number of hydrogen-bond acceptors (Lipinski definition) is 3. The highest BCUT2D eigenvalue weighted by Gasteiger charge is 2.23. The summed E-state index contributed by atoms with van der Waals surface area (Å²) in [5.74, 6) is 0.663. The van der Waals surface area contributed by atoms with E-state index in [4.69, 9.17) is 0 Å². The predicted octanol–water partition coefficient (Wildman–Crippen LogP) is 0.807. The number of aromatic amines is 2. The fourth-order valence-corrected chi connectivity index (χ4v) is 1.91. The Morgan fingerprint density at radius 1 is 1.33 bits per heavy atom. The lowest BCUT2D eigenvalue weighted by Gasteiger charge is -2.05. The molecule has 0 radical (unpaired) electrons. The Morgan fingerprint density at radius 3 is 2.93 bits per heavy atom. The first-order chi connectivity index (χ1) is 7.33. The molecular weight excluding hydrogens is 192 g/mol. The van der Waals surface area contributed by atoms with Crippen LogP contribution in [0.4, 0.5) is 5.69 Å². The second-order valence-electron chi connectivity index (χ2n) is 3.62. The van der Waals surface area contributed by atoms with Gasteiger partial charge in [-0.2, -0.15) is 5.10 Å². The molecule has 0 fully saturated rings. The zero-order valence-corrected chi connectivity index (χ0v) is 7.95. The van der Waals surface area contributed by atoms with Crippen LogP contribution in [0.3, 0.4) is 0 Å². The lowest BCUT2D eigenvalue weighted by Crippen LogP contribution is -2.09. The van der Waals surface area contributed by atoms with Gasteiger partial charge in [0, 0.05) is 12.1 Å². The van der Waals surface area contributed by atoms with Gasteiger partial charge in [-0.1, -0.05) is 18.2 Å². The van der Waals surface area contributed by atoms with Gasteiger partial charge in [-0.25, -0.2) is 9.89 Å². The van der Waals surface area contributed by atoms with Gasteiger partial charge in [0.25, 0.3) is 0 Å². The van der Waals surface area contributed by atoms with Crippen LogP contribution in [0.25, 0.3) is 0 Å². The first-order valence-corrected chi connectivity index (χ1v) is 4.82. The minimum absolute atomic E-state index is 0.0707. The number of nitrogens with one attached hydrogen (secondary N) is 3. The van der Waals surface area contributed by atoms with Crippen LogP contribution in [-0.4, -0.2) is 15.2 Å². The van der Waals surface area contributed by atoms with Crippen molar-refractivity contribution < 1.29 is 0 Å². The third-order valence-corrected chi connectivity index (χ3v) is 2.62. The number of fused-ring (bicyclic) bond motifs is 1. The molecular formula is C10H10N4O. The molecule has 0 amide bonds. The summed E-state index contributed by atoms with van der Waals surface area (Å²) in [6, 6.07) is 8.17.